The van der Waals surface area contributed by atoms with Gasteiger partial charge in [-0.1, -0.05) is 48.0 Å². The van der Waals surface area contributed by atoms with Crippen LogP contribution >= 0.6 is 0 Å². The second-order valence-corrected chi connectivity index (χ2v) is 6.32. The van der Waals surface area contributed by atoms with Crippen molar-refractivity contribution in [3.63, 3.8) is 0 Å². The van der Waals surface area contributed by atoms with Crippen LogP contribution in [0.1, 0.15) is 22.7 Å². The molecule has 0 aliphatic carbocycles. The maximum absolute atomic E-state index is 12.3. The van der Waals surface area contributed by atoms with Gasteiger partial charge in [-0.15, -0.1) is 0 Å². The predicted molar refractivity (Wildman–Crippen MR) is 102 cm³/mol. The number of urea groups is 1. The number of hydrogen-bond acceptors (Lipinski definition) is 3. The van der Waals surface area contributed by atoms with Crippen molar-refractivity contribution in [2.45, 2.75) is 19.6 Å². The Labute approximate surface area is 150 Å². The number of ether oxygens (including phenoxy) is 1. The van der Waals surface area contributed by atoms with E-state index in [9.17, 15) is 4.79 Å². The van der Waals surface area contributed by atoms with Gasteiger partial charge in [-0.05, 0) is 32.6 Å². The van der Waals surface area contributed by atoms with Gasteiger partial charge >= 0.3 is 6.03 Å². The first-order valence-electron chi connectivity index (χ1n) is 8.36. The molecule has 1 unspecified atom stereocenters. The van der Waals surface area contributed by atoms with E-state index in [0.717, 1.165) is 11.3 Å². The third-order valence-corrected chi connectivity index (χ3v) is 4.11. The number of benzene rings is 2. The van der Waals surface area contributed by atoms with Crippen molar-refractivity contribution in [3.05, 3.63) is 65.2 Å². The minimum Gasteiger partial charge on any atom is -0.380 e. The number of aryl methyl sites for hydroxylation is 1. The standard InChI is InChI=1S/C20H27N3O2/c1-15-9-11-16(12-10-15)19(23(2)3)13-21-20(24)22-18-8-6-5-7-17(18)14-25-4/h5-12,19H,13-14H2,1-4H3,(H2,21,22,24). The minimum atomic E-state index is -0.220. The van der Waals surface area contributed by atoms with Crippen molar-refractivity contribution in [1.82, 2.24) is 10.2 Å². The van der Waals surface area contributed by atoms with E-state index in [-0.39, 0.29) is 12.1 Å². The average Bonchev–Trinajstić information content (AvgIpc) is 2.58. The zero-order chi connectivity index (χ0) is 18.2. The van der Waals surface area contributed by atoms with E-state index in [2.05, 4.69) is 46.7 Å². The third kappa shape index (κ3) is 5.59. The number of hydrogen-bond donors (Lipinski definition) is 2. The molecular weight excluding hydrogens is 314 g/mol. The van der Waals surface area contributed by atoms with Crippen molar-refractivity contribution in [1.29, 1.82) is 0 Å². The molecule has 2 N–H and O–H groups in total. The van der Waals surface area contributed by atoms with E-state index in [0.29, 0.717) is 13.2 Å². The minimum absolute atomic E-state index is 0.112. The van der Waals surface area contributed by atoms with E-state index in [1.807, 2.05) is 38.4 Å². The summed E-state index contributed by atoms with van der Waals surface area (Å²) < 4.78 is 5.17. The number of carbonyl (C=O) groups excluding carboxylic acids is 1. The molecule has 0 radical (unpaired) electrons. The second-order valence-electron chi connectivity index (χ2n) is 6.32. The summed E-state index contributed by atoms with van der Waals surface area (Å²) in [7, 11) is 5.66. The van der Waals surface area contributed by atoms with Crippen LogP contribution in [-0.2, 0) is 11.3 Å². The molecule has 0 aromatic heterocycles. The first kappa shape index (κ1) is 19.0. The fraction of sp³-hybridized carbons (Fsp3) is 0.350. The summed E-state index contributed by atoms with van der Waals surface area (Å²) >= 11 is 0. The molecule has 2 amide bonds. The predicted octanol–water partition coefficient (Wildman–Crippen LogP) is 3.57. The Morgan fingerprint density at radius 2 is 1.80 bits per heavy atom. The number of methoxy groups -OCH3 is 1. The molecule has 0 saturated carbocycles. The van der Waals surface area contributed by atoms with Crippen LogP contribution in [0, 0.1) is 6.92 Å². The first-order valence-corrected chi connectivity index (χ1v) is 8.36. The van der Waals surface area contributed by atoms with Gasteiger partial charge in [-0.3, -0.25) is 0 Å². The molecule has 0 aliphatic rings. The molecule has 2 rings (SSSR count). The number of anilines is 1. The van der Waals surface area contributed by atoms with E-state index in [4.69, 9.17) is 4.74 Å². The highest BCUT2D eigenvalue weighted by molar-refractivity contribution is 5.90. The van der Waals surface area contributed by atoms with Gasteiger partial charge < -0.3 is 20.3 Å². The second kappa shape index (κ2) is 9.20. The zero-order valence-corrected chi connectivity index (χ0v) is 15.4. The lowest BCUT2D eigenvalue weighted by molar-refractivity contribution is 0.185. The number of nitrogens with one attached hydrogen (secondary N) is 2. The molecule has 0 bridgehead atoms. The molecular formula is C20H27N3O2. The topological polar surface area (TPSA) is 53.6 Å². The zero-order valence-electron chi connectivity index (χ0n) is 15.4. The summed E-state index contributed by atoms with van der Waals surface area (Å²) in [6, 6.07) is 15.9. The molecule has 2 aromatic rings. The molecule has 5 heteroatoms. The number of rotatable bonds is 7. The van der Waals surface area contributed by atoms with Crippen LogP contribution in [0.25, 0.3) is 0 Å². The lowest BCUT2D eigenvalue weighted by atomic mass is 10.0. The highest BCUT2D eigenvalue weighted by Gasteiger charge is 2.15. The summed E-state index contributed by atoms with van der Waals surface area (Å²) in [4.78, 5) is 14.4. The first-order chi connectivity index (χ1) is 12.0. The van der Waals surface area contributed by atoms with E-state index in [1.165, 1.54) is 11.1 Å². The maximum Gasteiger partial charge on any atom is 0.319 e. The van der Waals surface area contributed by atoms with E-state index >= 15 is 0 Å². The Morgan fingerprint density at radius 3 is 2.44 bits per heavy atom. The van der Waals surface area contributed by atoms with Crippen LogP contribution in [0.5, 0.6) is 0 Å². The quantitative estimate of drug-likeness (QED) is 0.809. The van der Waals surface area contributed by atoms with Gasteiger partial charge in [-0.2, -0.15) is 0 Å². The summed E-state index contributed by atoms with van der Waals surface area (Å²) in [5.74, 6) is 0. The van der Waals surface area contributed by atoms with Crippen molar-refractivity contribution >= 4 is 11.7 Å². The van der Waals surface area contributed by atoms with Gasteiger partial charge in [0.2, 0.25) is 0 Å². The summed E-state index contributed by atoms with van der Waals surface area (Å²) in [5.41, 5.74) is 4.11. The summed E-state index contributed by atoms with van der Waals surface area (Å²) in [5, 5.41) is 5.86. The fourth-order valence-corrected chi connectivity index (χ4v) is 2.67. The van der Waals surface area contributed by atoms with Crippen molar-refractivity contribution < 1.29 is 9.53 Å². The van der Waals surface area contributed by atoms with Gasteiger partial charge in [0, 0.05) is 24.9 Å². The molecule has 2 aromatic carbocycles. The SMILES string of the molecule is COCc1ccccc1NC(=O)NCC(c1ccc(C)cc1)N(C)C. The van der Waals surface area contributed by atoms with Gasteiger partial charge in [0.25, 0.3) is 0 Å². The Balaban J connectivity index is 1.99. The normalized spacial score (nSPS) is 12.0. The number of para-hydroxylation sites is 1. The highest BCUT2D eigenvalue weighted by Crippen LogP contribution is 2.19. The Hall–Kier alpha value is -2.37. The van der Waals surface area contributed by atoms with Crippen LogP contribution in [0.3, 0.4) is 0 Å². The van der Waals surface area contributed by atoms with E-state index < -0.39 is 0 Å². The monoisotopic (exact) mass is 341 g/mol. The molecule has 0 spiro atoms. The fourth-order valence-electron chi connectivity index (χ4n) is 2.67. The van der Waals surface area contributed by atoms with Crippen LogP contribution in [0.2, 0.25) is 0 Å². The van der Waals surface area contributed by atoms with Crippen LogP contribution < -0.4 is 10.6 Å². The number of likely N-dealkylation sites (N-methyl/N-ethyl adjacent to an activating group) is 1. The Morgan fingerprint density at radius 1 is 1.12 bits per heavy atom. The smallest absolute Gasteiger partial charge is 0.319 e. The molecule has 0 fully saturated rings. The van der Waals surface area contributed by atoms with Crippen LogP contribution in [0.4, 0.5) is 10.5 Å². The van der Waals surface area contributed by atoms with Gasteiger partial charge in [0.1, 0.15) is 0 Å². The highest BCUT2D eigenvalue weighted by atomic mass is 16.5. The summed E-state index contributed by atoms with van der Waals surface area (Å²) in [6.45, 7) is 3.05. The number of amides is 2. The third-order valence-electron chi connectivity index (χ3n) is 4.11. The van der Waals surface area contributed by atoms with Crippen LogP contribution in [-0.4, -0.2) is 38.7 Å². The molecule has 1 atom stereocenters. The van der Waals surface area contributed by atoms with Gasteiger partial charge in [0.15, 0.2) is 0 Å². The van der Waals surface area contributed by atoms with Gasteiger partial charge in [-0.25, -0.2) is 4.79 Å². The van der Waals surface area contributed by atoms with Crippen molar-refractivity contribution in [2.75, 3.05) is 33.1 Å². The van der Waals surface area contributed by atoms with Crippen molar-refractivity contribution in [3.8, 4) is 0 Å². The Kier molecular flexibility index (Phi) is 6.98. The number of carbonyl (C=O) groups is 1. The molecule has 5 nitrogen and oxygen atoms in total. The molecule has 0 saturated heterocycles. The lowest BCUT2D eigenvalue weighted by Gasteiger charge is -2.25. The molecule has 0 aliphatic heterocycles. The lowest BCUT2D eigenvalue weighted by Crippen LogP contribution is -2.37. The van der Waals surface area contributed by atoms with Gasteiger partial charge in [0.05, 0.1) is 12.6 Å². The van der Waals surface area contributed by atoms with Crippen molar-refractivity contribution in [2.24, 2.45) is 0 Å². The largest absolute Gasteiger partial charge is 0.380 e. The van der Waals surface area contributed by atoms with Crippen LogP contribution in [0.15, 0.2) is 48.5 Å². The molecule has 0 heterocycles. The molecule has 134 valence electrons. The number of nitrogens with zero attached hydrogens (tertiary/aromatic N) is 1. The van der Waals surface area contributed by atoms with E-state index in [1.54, 1.807) is 7.11 Å². The Bertz CT molecular complexity index is 684. The summed E-state index contributed by atoms with van der Waals surface area (Å²) in [6.07, 6.45) is 0. The molecule has 25 heavy (non-hydrogen) atoms. The maximum atomic E-state index is 12.3. The average molecular weight is 341 g/mol.